The first kappa shape index (κ1) is 33.4. The van der Waals surface area contributed by atoms with Gasteiger partial charge < -0.3 is 20.8 Å². The van der Waals surface area contributed by atoms with Crippen molar-refractivity contribution in [1.29, 1.82) is 0 Å². The second-order valence-electron chi connectivity index (χ2n) is 8.64. The first-order chi connectivity index (χ1) is 18.7. The monoisotopic (exact) mass is 618 g/mol. The molecule has 17 heteroatoms. The zero-order valence-electron chi connectivity index (χ0n) is 22.2. The molecule has 0 aliphatic rings. The maximum Gasteiger partial charge on any atom is 0.409 e. The summed E-state index contributed by atoms with van der Waals surface area (Å²) in [5, 5.41) is 4.24. The molecule has 2 aromatic heterocycles. The van der Waals surface area contributed by atoms with Crippen LogP contribution in [0.4, 0.5) is 23.7 Å². The largest absolute Gasteiger partial charge is 0.731 e. The lowest BCUT2D eigenvalue weighted by molar-refractivity contribution is -0.128. The van der Waals surface area contributed by atoms with Gasteiger partial charge in [-0.1, -0.05) is 12.1 Å². The molecule has 0 saturated carbocycles. The molecule has 3 aromatic rings. The highest BCUT2D eigenvalue weighted by Gasteiger charge is 2.32. The number of quaternary nitrogens is 1. The van der Waals surface area contributed by atoms with Gasteiger partial charge in [0.1, 0.15) is 11.0 Å². The number of pyridine rings is 1. The van der Waals surface area contributed by atoms with Crippen LogP contribution >= 0.6 is 11.3 Å². The van der Waals surface area contributed by atoms with Crippen molar-refractivity contribution in [3.05, 3.63) is 76.0 Å². The van der Waals surface area contributed by atoms with Gasteiger partial charge in [0, 0.05) is 36.9 Å². The van der Waals surface area contributed by atoms with E-state index < -0.39 is 47.0 Å². The fourth-order valence-corrected chi connectivity index (χ4v) is 5.04. The second-order valence-corrected chi connectivity index (χ2v) is 10.6. The molecule has 0 fully saturated rings. The predicted molar refractivity (Wildman–Crippen MR) is 144 cm³/mol. The molecule has 1 unspecified atom stereocenters. The number of ether oxygens (including phenoxy) is 1. The van der Waals surface area contributed by atoms with Crippen molar-refractivity contribution in [3.63, 3.8) is 0 Å². The SMILES string of the molecule is COC(=O)N(C)C(Cc1ccncc1)C(=O)N[C@@H](Cc1ccc(NS(=O)(=O)[O-])cc1)c1nc(CC(F)(F)F)cs1.[NH4+]. The minimum atomic E-state index is -4.74. The number of nitrogens with zero attached hydrogens (tertiary/aromatic N) is 3. The number of thiazole rings is 1. The summed E-state index contributed by atoms with van der Waals surface area (Å²) in [5.41, 5.74) is 1.05. The average Bonchev–Trinajstić information content (AvgIpc) is 3.33. The van der Waals surface area contributed by atoms with Gasteiger partial charge >= 0.3 is 12.3 Å². The normalized spacial score (nSPS) is 12.9. The highest BCUT2D eigenvalue weighted by atomic mass is 32.2. The van der Waals surface area contributed by atoms with E-state index >= 15 is 0 Å². The molecule has 224 valence electrons. The lowest BCUT2D eigenvalue weighted by Crippen LogP contribution is -2.50. The first-order valence-corrected chi connectivity index (χ1v) is 13.9. The Morgan fingerprint density at radius 2 is 1.71 bits per heavy atom. The van der Waals surface area contributed by atoms with Gasteiger partial charge in [-0.05, 0) is 41.8 Å². The van der Waals surface area contributed by atoms with E-state index in [4.69, 9.17) is 4.74 Å². The highest BCUT2D eigenvalue weighted by Crippen LogP contribution is 2.27. The van der Waals surface area contributed by atoms with E-state index in [2.05, 4.69) is 15.3 Å². The molecule has 3 rings (SSSR count). The van der Waals surface area contributed by atoms with Gasteiger partial charge in [-0.2, -0.15) is 13.2 Å². The van der Waals surface area contributed by atoms with Crippen LogP contribution in [0.25, 0.3) is 0 Å². The minimum absolute atomic E-state index is 0. The van der Waals surface area contributed by atoms with Gasteiger partial charge in [-0.25, -0.2) is 18.2 Å². The Balaban J connectivity index is 0.00000588. The smallest absolute Gasteiger partial charge is 0.409 e. The molecular weight excluding hydrogens is 589 g/mol. The third-order valence-corrected chi connectivity index (χ3v) is 7.11. The number of amides is 2. The van der Waals surface area contributed by atoms with Crippen LogP contribution < -0.4 is 16.2 Å². The number of aromatic nitrogens is 2. The van der Waals surface area contributed by atoms with Crippen molar-refractivity contribution < 1.29 is 40.5 Å². The summed E-state index contributed by atoms with van der Waals surface area (Å²) in [6.07, 6.45) is -3.30. The van der Waals surface area contributed by atoms with E-state index in [1.165, 1.54) is 49.1 Å². The second kappa shape index (κ2) is 14.2. The molecule has 0 bridgehead atoms. The summed E-state index contributed by atoms with van der Waals surface area (Å²) in [6, 6.07) is 7.02. The van der Waals surface area contributed by atoms with Crippen molar-refractivity contribution >= 4 is 39.3 Å². The Kier molecular flexibility index (Phi) is 11.6. The molecule has 41 heavy (non-hydrogen) atoms. The fourth-order valence-electron chi connectivity index (χ4n) is 3.75. The number of rotatable bonds is 11. The zero-order chi connectivity index (χ0) is 29.5. The summed E-state index contributed by atoms with van der Waals surface area (Å²) in [4.78, 5) is 35.0. The van der Waals surface area contributed by atoms with E-state index in [0.717, 1.165) is 23.3 Å². The minimum Gasteiger partial charge on any atom is -0.731 e. The maximum absolute atomic E-state index is 13.5. The van der Waals surface area contributed by atoms with E-state index in [0.29, 0.717) is 11.1 Å². The average molecular weight is 619 g/mol. The molecule has 0 radical (unpaired) electrons. The summed E-state index contributed by atoms with van der Waals surface area (Å²) in [6.45, 7) is 0. The molecule has 0 spiro atoms. The Morgan fingerprint density at radius 3 is 2.27 bits per heavy atom. The number of benzene rings is 1. The Hall–Kier alpha value is -3.80. The number of carbonyl (C=O) groups is 2. The number of methoxy groups -OCH3 is 1. The van der Waals surface area contributed by atoms with Gasteiger partial charge in [0.25, 0.3) is 0 Å². The molecule has 6 N–H and O–H groups in total. The molecule has 2 heterocycles. The number of hydrogen-bond donors (Lipinski definition) is 3. The van der Waals surface area contributed by atoms with Gasteiger partial charge in [0.2, 0.25) is 5.91 Å². The Labute approximate surface area is 238 Å². The van der Waals surface area contributed by atoms with Gasteiger partial charge in [0.05, 0.1) is 25.3 Å². The van der Waals surface area contributed by atoms with E-state index in [-0.39, 0.29) is 35.4 Å². The van der Waals surface area contributed by atoms with Crippen molar-refractivity contribution in [3.8, 4) is 0 Å². The lowest BCUT2D eigenvalue weighted by atomic mass is 10.0. The van der Waals surface area contributed by atoms with Crippen molar-refractivity contribution in [1.82, 2.24) is 26.3 Å². The summed E-state index contributed by atoms with van der Waals surface area (Å²) >= 11 is 0.933. The molecule has 0 aliphatic heterocycles. The zero-order valence-corrected chi connectivity index (χ0v) is 23.8. The molecule has 0 saturated heterocycles. The maximum atomic E-state index is 13.5. The molecule has 1 aromatic carbocycles. The van der Waals surface area contributed by atoms with Crippen molar-refractivity contribution in [2.45, 2.75) is 37.5 Å². The summed E-state index contributed by atoms with van der Waals surface area (Å²) in [7, 11) is -2.19. The Bertz CT molecular complexity index is 1410. The van der Waals surface area contributed by atoms with E-state index in [1.54, 1.807) is 16.9 Å². The topological polar surface area (TPSA) is 190 Å². The van der Waals surface area contributed by atoms with Crippen LogP contribution in [0.3, 0.4) is 0 Å². The fraction of sp³-hybridized carbons (Fsp3) is 0.333. The summed E-state index contributed by atoms with van der Waals surface area (Å²) in [5.74, 6) is -0.613. The lowest BCUT2D eigenvalue weighted by Gasteiger charge is -2.28. The van der Waals surface area contributed by atoms with E-state index in [9.17, 15) is 35.7 Å². The van der Waals surface area contributed by atoms with Crippen LogP contribution in [-0.4, -0.2) is 66.2 Å². The van der Waals surface area contributed by atoms with Crippen molar-refractivity contribution in [2.24, 2.45) is 0 Å². The third kappa shape index (κ3) is 10.6. The number of alkyl halides is 3. The number of nitrogens with one attached hydrogen (secondary N) is 2. The quantitative estimate of drug-likeness (QED) is 0.272. The van der Waals surface area contributed by atoms with Gasteiger partial charge in [-0.3, -0.25) is 19.4 Å². The van der Waals surface area contributed by atoms with Gasteiger partial charge in [0.15, 0.2) is 10.3 Å². The number of hydrogen-bond acceptors (Lipinski definition) is 9. The number of carbonyl (C=O) groups excluding carboxylic acids is 2. The van der Waals surface area contributed by atoms with Crippen LogP contribution in [0.2, 0.25) is 0 Å². The number of likely N-dealkylation sites (N-methyl/N-ethyl adjacent to an activating group) is 1. The standard InChI is InChI=1S/C24H26F3N5O6S2.H3N/c1-32(23(34)38-2)20(12-16-7-9-28-10-8-16)21(33)30-19(22-29-18(14-39-22)13-24(25,26)27)11-15-3-5-17(6-4-15)31-40(35,36)37;/h3-10,14,19-20,31H,11-13H2,1-2H3,(H,30,33)(H,35,36,37);1H3/t19-,20?;/m0./s1. The van der Waals surface area contributed by atoms with Crippen LogP contribution in [0.15, 0.2) is 54.2 Å². The van der Waals surface area contributed by atoms with Crippen LogP contribution in [0, 0.1) is 0 Å². The molecule has 0 aliphatic carbocycles. The number of anilines is 1. The first-order valence-electron chi connectivity index (χ1n) is 11.6. The van der Waals surface area contributed by atoms with Crippen molar-refractivity contribution in [2.75, 3.05) is 18.9 Å². The van der Waals surface area contributed by atoms with Gasteiger partial charge in [-0.15, -0.1) is 11.3 Å². The highest BCUT2D eigenvalue weighted by molar-refractivity contribution is 7.87. The van der Waals surface area contributed by atoms with Crippen LogP contribution in [0.1, 0.15) is 27.9 Å². The van der Waals surface area contributed by atoms with Crippen LogP contribution in [0.5, 0.6) is 0 Å². The Morgan fingerprint density at radius 1 is 1.10 bits per heavy atom. The third-order valence-electron chi connectivity index (χ3n) is 5.61. The molecule has 2 amide bonds. The molecular formula is C24H29F3N6O6S2. The molecule has 12 nitrogen and oxygen atoms in total. The van der Waals surface area contributed by atoms with E-state index in [1.807, 2.05) is 0 Å². The molecule has 2 atom stereocenters. The number of halogens is 3. The summed E-state index contributed by atoms with van der Waals surface area (Å²) < 4.78 is 78.2. The predicted octanol–water partition coefficient (Wildman–Crippen LogP) is 3.60. The van der Waals surface area contributed by atoms with Crippen LogP contribution in [-0.2, 0) is 39.1 Å².